The largest absolute Gasteiger partial charge is 0.379 e. The van der Waals surface area contributed by atoms with Crippen molar-refractivity contribution in [3.05, 3.63) is 69.2 Å². The second-order valence-electron chi connectivity index (χ2n) is 5.52. The Bertz CT molecular complexity index is 642. The number of anilines is 1. The van der Waals surface area contributed by atoms with Crippen LogP contribution in [0.5, 0.6) is 0 Å². The summed E-state index contributed by atoms with van der Waals surface area (Å²) in [6.45, 7) is 4.77. The third-order valence-electron chi connectivity index (χ3n) is 3.43. The molecule has 0 aliphatic heterocycles. The lowest BCUT2D eigenvalue weighted by atomic mass is 9.84. The molecular weight excluding hydrogens is 288 g/mol. The highest BCUT2D eigenvalue weighted by Gasteiger charge is 2.22. The smallest absolute Gasteiger partial charge is 0.293 e. The number of nitro benzene ring substituents is 1. The lowest BCUT2D eigenvalue weighted by Crippen LogP contribution is -2.27. The molecule has 2 aromatic rings. The highest BCUT2D eigenvalue weighted by Crippen LogP contribution is 2.30. The van der Waals surface area contributed by atoms with E-state index in [9.17, 15) is 10.1 Å². The molecule has 0 fully saturated rings. The van der Waals surface area contributed by atoms with Crippen molar-refractivity contribution in [2.45, 2.75) is 19.3 Å². The van der Waals surface area contributed by atoms with Gasteiger partial charge in [-0.3, -0.25) is 10.1 Å². The van der Waals surface area contributed by atoms with E-state index >= 15 is 0 Å². The minimum atomic E-state index is -0.427. The van der Waals surface area contributed by atoms with Gasteiger partial charge in [-0.15, -0.1) is 0 Å². The van der Waals surface area contributed by atoms with Gasteiger partial charge in [0.05, 0.1) is 4.92 Å². The molecule has 0 atom stereocenters. The molecule has 0 aromatic heterocycles. The predicted molar refractivity (Wildman–Crippen MR) is 86.1 cm³/mol. The number of nitrogens with one attached hydrogen (secondary N) is 1. The van der Waals surface area contributed by atoms with Gasteiger partial charge in [-0.2, -0.15) is 0 Å². The third kappa shape index (κ3) is 3.73. The maximum absolute atomic E-state index is 11.1. The average Bonchev–Trinajstić information content (AvgIpc) is 2.47. The van der Waals surface area contributed by atoms with E-state index < -0.39 is 4.92 Å². The molecule has 0 unspecified atom stereocenters. The van der Waals surface area contributed by atoms with E-state index in [-0.39, 0.29) is 11.1 Å². The zero-order valence-electron chi connectivity index (χ0n) is 12.0. The van der Waals surface area contributed by atoms with Crippen LogP contribution in [0.25, 0.3) is 0 Å². The monoisotopic (exact) mass is 304 g/mol. The fourth-order valence-corrected chi connectivity index (χ4v) is 2.28. The molecule has 0 saturated carbocycles. The summed E-state index contributed by atoms with van der Waals surface area (Å²) in [6.07, 6.45) is 0. The topological polar surface area (TPSA) is 55.2 Å². The molecular formula is C16H17ClN2O2. The highest BCUT2D eigenvalue weighted by atomic mass is 35.5. The van der Waals surface area contributed by atoms with Gasteiger partial charge in [0, 0.05) is 23.0 Å². The Labute approximate surface area is 128 Å². The molecule has 110 valence electrons. The molecule has 0 spiro atoms. The molecule has 0 heterocycles. The number of hydrogen-bond acceptors (Lipinski definition) is 3. The molecule has 1 N–H and O–H groups in total. The van der Waals surface area contributed by atoms with E-state index in [1.807, 2.05) is 18.2 Å². The first kappa shape index (κ1) is 15.3. The predicted octanol–water partition coefficient (Wildman–Crippen LogP) is 4.64. The highest BCUT2D eigenvalue weighted by molar-refractivity contribution is 6.30. The van der Waals surface area contributed by atoms with Crippen molar-refractivity contribution < 1.29 is 4.92 Å². The zero-order valence-corrected chi connectivity index (χ0v) is 12.7. The Kier molecular flexibility index (Phi) is 4.48. The van der Waals surface area contributed by atoms with Crippen molar-refractivity contribution in [3.8, 4) is 0 Å². The summed E-state index contributed by atoms with van der Waals surface area (Å²) in [5.41, 5.74) is 1.50. The van der Waals surface area contributed by atoms with Crippen LogP contribution >= 0.6 is 11.6 Å². The minimum absolute atomic E-state index is 0.00800. The first-order chi connectivity index (χ1) is 9.90. The molecule has 0 bridgehead atoms. The Hall–Kier alpha value is -2.07. The van der Waals surface area contributed by atoms with Gasteiger partial charge in [-0.1, -0.05) is 55.8 Å². The minimum Gasteiger partial charge on any atom is -0.379 e. The van der Waals surface area contributed by atoms with Gasteiger partial charge in [0.25, 0.3) is 5.69 Å². The van der Waals surface area contributed by atoms with Crippen LogP contribution < -0.4 is 5.32 Å². The first-order valence-corrected chi connectivity index (χ1v) is 7.01. The molecule has 0 radical (unpaired) electrons. The number of nitrogens with zero attached hydrogens (tertiary/aromatic N) is 1. The Morgan fingerprint density at radius 3 is 2.48 bits per heavy atom. The summed E-state index contributed by atoms with van der Waals surface area (Å²) in [7, 11) is 0. The second-order valence-corrected chi connectivity index (χ2v) is 5.96. The van der Waals surface area contributed by atoms with Crippen LogP contribution in [-0.2, 0) is 5.41 Å². The number of halogens is 1. The van der Waals surface area contributed by atoms with Gasteiger partial charge in [0.1, 0.15) is 5.69 Å². The normalized spacial score (nSPS) is 11.2. The van der Waals surface area contributed by atoms with E-state index in [0.717, 1.165) is 0 Å². The lowest BCUT2D eigenvalue weighted by molar-refractivity contribution is -0.383. The van der Waals surface area contributed by atoms with E-state index in [4.69, 9.17) is 11.6 Å². The van der Waals surface area contributed by atoms with Gasteiger partial charge < -0.3 is 5.32 Å². The van der Waals surface area contributed by atoms with Crippen LogP contribution in [0.3, 0.4) is 0 Å². The van der Waals surface area contributed by atoms with Crippen molar-refractivity contribution in [2.75, 3.05) is 11.9 Å². The second kappa shape index (κ2) is 6.14. The quantitative estimate of drug-likeness (QED) is 0.647. The van der Waals surface area contributed by atoms with Gasteiger partial charge in [-0.25, -0.2) is 0 Å². The number of hydrogen-bond donors (Lipinski definition) is 1. The molecule has 2 rings (SSSR count). The first-order valence-electron chi connectivity index (χ1n) is 6.63. The van der Waals surface area contributed by atoms with Gasteiger partial charge in [0.15, 0.2) is 0 Å². The molecule has 0 aliphatic carbocycles. The zero-order chi connectivity index (χ0) is 15.5. The fourth-order valence-electron chi connectivity index (χ4n) is 2.11. The SMILES string of the molecule is CC(C)(CNc1ccc(Cl)cc1[N+](=O)[O-])c1ccccc1. The maximum atomic E-state index is 11.1. The molecule has 0 saturated heterocycles. The Morgan fingerprint density at radius 2 is 1.86 bits per heavy atom. The van der Waals surface area contributed by atoms with Crippen molar-refractivity contribution in [1.29, 1.82) is 0 Å². The Balaban J connectivity index is 2.18. The maximum Gasteiger partial charge on any atom is 0.293 e. The Morgan fingerprint density at radius 1 is 1.19 bits per heavy atom. The third-order valence-corrected chi connectivity index (χ3v) is 3.67. The molecule has 2 aromatic carbocycles. The van der Waals surface area contributed by atoms with E-state index in [1.165, 1.54) is 11.6 Å². The van der Waals surface area contributed by atoms with Crippen molar-refractivity contribution >= 4 is 23.0 Å². The fraction of sp³-hybridized carbons (Fsp3) is 0.250. The van der Waals surface area contributed by atoms with Gasteiger partial charge in [-0.05, 0) is 17.7 Å². The van der Waals surface area contributed by atoms with Crippen LogP contribution in [0.2, 0.25) is 5.02 Å². The van der Waals surface area contributed by atoms with Crippen LogP contribution in [0.15, 0.2) is 48.5 Å². The number of benzene rings is 2. The molecule has 5 heteroatoms. The number of nitro groups is 1. The van der Waals surface area contributed by atoms with E-state index in [1.54, 1.807) is 12.1 Å². The summed E-state index contributed by atoms with van der Waals surface area (Å²) in [5.74, 6) is 0. The summed E-state index contributed by atoms with van der Waals surface area (Å²) in [5, 5.41) is 14.6. The molecule has 0 aliphatic rings. The standard InChI is InChI=1S/C16H17ClN2O2/c1-16(2,12-6-4-3-5-7-12)11-18-14-9-8-13(17)10-15(14)19(20)21/h3-10,18H,11H2,1-2H3. The molecule has 4 nitrogen and oxygen atoms in total. The van der Waals surface area contributed by atoms with Gasteiger partial charge in [0.2, 0.25) is 0 Å². The summed E-state index contributed by atoms with van der Waals surface area (Å²) in [4.78, 5) is 10.6. The van der Waals surface area contributed by atoms with Crippen LogP contribution in [0.4, 0.5) is 11.4 Å². The molecule has 0 amide bonds. The lowest BCUT2D eigenvalue weighted by Gasteiger charge is -2.26. The van der Waals surface area contributed by atoms with Crippen molar-refractivity contribution in [1.82, 2.24) is 0 Å². The number of rotatable bonds is 5. The average molecular weight is 305 g/mol. The summed E-state index contributed by atoms with van der Waals surface area (Å²) < 4.78 is 0. The molecule has 21 heavy (non-hydrogen) atoms. The van der Waals surface area contributed by atoms with E-state index in [2.05, 4.69) is 31.3 Å². The van der Waals surface area contributed by atoms with Crippen LogP contribution in [-0.4, -0.2) is 11.5 Å². The van der Waals surface area contributed by atoms with E-state index in [0.29, 0.717) is 17.3 Å². The van der Waals surface area contributed by atoms with Crippen molar-refractivity contribution in [2.24, 2.45) is 0 Å². The van der Waals surface area contributed by atoms with Gasteiger partial charge >= 0.3 is 0 Å². The van der Waals surface area contributed by atoms with Crippen molar-refractivity contribution in [3.63, 3.8) is 0 Å². The summed E-state index contributed by atoms with van der Waals surface area (Å²) in [6, 6.07) is 14.7. The van der Waals surface area contributed by atoms with Crippen LogP contribution in [0, 0.1) is 10.1 Å². The summed E-state index contributed by atoms with van der Waals surface area (Å²) >= 11 is 5.81. The van der Waals surface area contributed by atoms with Crippen LogP contribution in [0.1, 0.15) is 19.4 Å².